The van der Waals surface area contributed by atoms with E-state index in [-0.39, 0.29) is 5.79 Å². The van der Waals surface area contributed by atoms with Gasteiger partial charge in [0.15, 0.2) is 5.79 Å². The highest BCUT2D eigenvalue weighted by atomic mass is 16.7. The molecule has 0 aromatic heterocycles. The first-order valence-electron chi connectivity index (χ1n) is 12.7. The minimum atomic E-state index is -0.363. The van der Waals surface area contributed by atoms with Crippen LogP contribution in [0.3, 0.4) is 0 Å². The second-order valence-electron chi connectivity index (χ2n) is 9.85. The molecule has 1 fully saturated rings. The summed E-state index contributed by atoms with van der Waals surface area (Å²) in [6.07, 6.45) is 13.2. The zero-order chi connectivity index (χ0) is 23.1. The molecule has 0 aliphatic carbocycles. The number of likely N-dealkylation sites (N-methyl/N-ethyl adjacent to an activating group) is 2. The lowest BCUT2D eigenvalue weighted by molar-refractivity contribution is -0.212. The molecule has 0 unspecified atom stereocenters. The average Bonchev–Trinajstić information content (AvgIpc) is 3.14. The van der Waals surface area contributed by atoms with E-state index in [1.54, 1.807) is 14.2 Å². The third kappa shape index (κ3) is 11.4. The number of ether oxygens (including phenoxy) is 2. The fourth-order valence-electron chi connectivity index (χ4n) is 4.69. The summed E-state index contributed by atoms with van der Waals surface area (Å²) in [6.45, 7) is 9.30. The minimum Gasteiger partial charge on any atom is -0.353 e. The van der Waals surface area contributed by atoms with Gasteiger partial charge in [-0.3, -0.25) is 9.80 Å². The Morgan fingerprint density at radius 1 is 0.742 bits per heavy atom. The molecule has 1 heterocycles. The summed E-state index contributed by atoms with van der Waals surface area (Å²) in [7, 11) is 12.3. The number of methoxy groups -OCH3 is 2. The number of hydrogen-bond donors (Lipinski definition) is 0. The molecule has 31 heavy (non-hydrogen) atoms. The van der Waals surface area contributed by atoms with E-state index in [1.807, 2.05) is 0 Å². The van der Waals surface area contributed by atoms with Crippen molar-refractivity contribution >= 4 is 0 Å². The van der Waals surface area contributed by atoms with Crippen molar-refractivity contribution in [2.75, 3.05) is 81.7 Å². The summed E-state index contributed by atoms with van der Waals surface area (Å²) in [5.41, 5.74) is 0. The fourth-order valence-corrected chi connectivity index (χ4v) is 4.69. The standard InChI is InChI=1S/C25H54N4O2/c1-8-25(30-6,31-7)17-15-13-11-9-10-12-14-16-24-28(20-18-26(2)3)22-23-29(24)21-19-27(4)5/h24H,8-23H2,1-7H3. The minimum absolute atomic E-state index is 0.363. The maximum Gasteiger partial charge on any atom is 0.167 e. The van der Waals surface area contributed by atoms with Crippen LogP contribution in [-0.2, 0) is 9.47 Å². The molecule has 0 bridgehead atoms. The van der Waals surface area contributed by atoms with Gasteiger partial charge in [-0.1, -0.05) is 45.4 Å². The Balaban J connectivity index is 2.24. The Labute approximate surface area is 194 Å². The smallest absolute Gasteiger partial charge is 0.167 e. The highest BCUT2D eigenvalue weighted by Crippen LogP contribution is 2.24. The molecule has 0 spiro atoms. The molecule has 0 saturated carbocycles. The van der Waals surface area contributed by atoms with Gasteiger partial charge in [-0.05, 0) is 47.5 Å². The Kier molecular flexibility index (Phi) is 15.2. The third-order valence-corrected chi connectivity index (χ3v) is 6.99. The van der Waals surface area contributed by atoms with Crippen LogP contribution in [0.4, 0.5) is 0 Å². The Hall–Kier alpha value is -0.240. The monoisotopic (exact) mass is 442 g/mol. The Morgan fingerprint density at radius 2 is 1.19 bits per heavy atom. The molecule has 0 amide bonds. The lowest BCUT2D eigenvalue weighted by atomic mass is 10.0. The molecule has 186 valence electrons. The van der Waals surface area contributed by atoms with Gasteiger partial charge >= 0.3 is 0 Å². The Morgan fingerprint density at radius 3 is 1.61 bits per heavy atom. The molecule has 1 saturated heterocycles. The highest BCUT2D eigenvalue weighted by Gasteiger charge is 2.30. The maximum absolute atomic E-state index is 5.59. The molecule has 1 aliphatic rings. The predicted molar refractivity (Wildman–Crippen MR) is 133 cm³/mol. The average molecular weight is 443 g/mol. The normalized spacial score (nSPS) is 16.9. The summed E-state index contributed by atoms with van der Waals surface area (Å²) >= 11 is 0. The van der Waals surface area contributed by atoms with Crippen LogP contribution in [0.5, 0.6) is 0 Å². The largest absolute Gasteiger partial charge is 0.353 e. The number of hydrogen-bond acceptors (Lipinski definition) is 6. The number of unbranched alkanes of at least 4 members (excludes halogenated alkanes) is 6. The maximum atomic E-state index is 5.59. The summed E-state index contributed by atoms with van der Waals surface area (Å²) in [5, 5.41) is 0. The first-order chi connectivity index (χ1) is 14.9. The lowest BCUT2D eigenvalue weighted by Crippen LogP contribution is -2.43. The van der Waals surface area contributed by atoms with E-state index in [9.17, 15) is 0 Å². The fraction of sp³-hybridized carbons (Fsp3) is 1.00. The molecule has 0 aromatic carbocycles. The lowest BCUT2D eigenvalue weighted by Gasteiger charge is -2.31. The number of rotatable bonds is 19. The van der Waals surface area contributed by atoms with E-state index < -0.39 is 0 Å². The highest BCUT2D eigenvalue weighted by molar-refractivity contribution is 4.82. The molecule has 0 atom stereocenters. The quantitative estimate of drug-likeness (QED) is 0.222. The van der Waals surface area contributed by atoms with Crippen LogP contribution < -0.4 is 0 Å². The van der Waals surface area contributed by atoms with Gasteiger partial charge < -0.3 is 19.3 Å². The predicted octanol–water partition coefficient (Wildman–Crippen LogP) is 3.96. The van der Waals surface area contributed by atoms with Gasteiger partial charge in [0.25, 0.3) is 0 Å². The van der Waals surface area contributed by atoms with E-state index in [2.05, 4.69) is 54.7 Å². The molecule has 6 heteroatoms. The van der Waals surface area contributed by atoms with Crippen molar-refractivity contribution < 1.29 is 9.47 Å². The van der Waals surface area contributed by atoms with Crippen molar-refractivity contribution in [2.24, 2.45) is 0 Å². The zero-order valence-corrected chi connectivity index (χ0v) is 22.0. The molecule has 6 nitrogen and oxygen atoms in total. The van der Waals surface area contributed by atoms with Crippen molar-refractivity contribution in [1.29, 1.82) is 0 Å². The Bertz CT molecular complexity index is 401. The van der Waals surface area contributed by atoms with Gasteiger partial charge in [0.2, 0.25) is 0 Å². The van der Waals surface area contributed by atoms with Crippen LogP contribution in [-0.4, -0.2) is 113 Å². The molecule has 1 rings (SSSR count). The van der Waals surface area contributed by atoms with Crippen LogP contribution in [0, 0.1) is 0 Å². The first kappa shape index (κ1) is 28.8. The first-order valence-corrected chi connectivity index (χ1v) is 12.7. The third-order valence-electron chi connectivity index (χ3n) is 6.99. The van der Waals surface area contributed by atoms with E-state index in [4.69, 9.17) is 9.47 Å². The van der Waals surface area contributed by atoms with Crippen molar-refractivity contribution in [3.05, 3.63) is 0 Å². The van der Waals surface area contributed by atoms with E-state index in [1.165, 1.54) is 77.5 Å². The topological polar surface area (TPSA) is 31.4 Å². The van der Waals surface area contributed by atoms with E-state index in [0.717, 1.165) is 25.9 Å². The van der Waals surface area contributed by atoms with Crippen molar-refractivity contribution in [3.63, 3.8) is 0 Å². The molecule has 1 aliphatic heterocycles. The van der Waals surface area contributed by atoms with Crippen LogP contribution in [0.1, 0.15) is 71.1 Å². The van der Waals surface area contributed by atoms with Gasteiger partial charge in [0.05, 0.1) is 6.17 Å². The van der Waals surface area contributed by atoms with Crippen molar-refractivity contribution in [3.8, 4) is 0 Å². The zero-order valence-electron chi connectivity index (χ0n) is 22.0. The van der Waals surface area contributed by atoms with Crippen LogP contribution >= 0.6 is 0 Å². The summed E-state index contributed by atoms with van der Waals surface area (Å²) in [4.78, 5) is 10.1. The van der Waals surface area contributed by atoms with E-state index >= 15 is 0 Å². The van der Waals surface area contributed by atoms with Crippen LogP contribution in [0.2, 0.25) is 0 Å². The SMILES string of the molecule is CCC(CCCCCCCCCC1N(CCN(C)C)CCN1CCN(C)C)(OC)OC. The van der Waals surface area contributed by atoms with Gasteiger partial charge in [0, 0.05) is 59.9 Å². The summed E-state index contributed by atoms with van der Waals surface area (Å²) in [6, 6.07) is 0. The van der Waals surface area contributed by atoms with Gasteiger partial charge in [-0.2, -0.15) is 0 Å². The summed E-state index contributed by atoms with van der Waals surface area (Å²) < 4.78 is 11.2. The molecule has 0 aromatic rings. The van der Waals surface area contributed by atoms with Gasteiger partial charge in [-0.25, -0.2) is 0 Å². The second-order valence-corrected chi connectivity index (χ2v) is 9.85. The molecule has 0 radical (unpaired) electrons. The van der Waals surface area contributed by atoms with Crippen LogP contribution in [0.15, 0.2) is 0 Å². The van der Waals surface area contributed by atoms with Gasteiger partial charge in [-0.15, -0.1) is 0 Å². The molecular formula is C25H54N4O2. The second kappa shape index (κ2) is 16.4. The number of nitrogens with zero attached hydrogens (tertiary/aromatic N) is 4. The van der Waals surface area contributed by atoms with E-state index in [0.29, 0.717) is 6.17 Å². The summed E-state index contributed by atoms with van der Waals surface area (Å²) in [5.74, 6) is -0.363. The van der Waals surface area contributed by atoms with Gasteiger partial charge in [0.1, 0.15) is 0 Å². The van der Waals surface area contributed by atoms with Crippen molar-refractivity contribution in [1.82, 2.24) is 19.6 Å². The van der Waals surface area contributed by atoms with Crippen LogP contribution in [0.25, 0.3) is 0 Å². The molecule has 0 N–H and O–H groups in total. The van der Waals surface area contributed by atoms with Crippen molar-refractivity contribution in [2.45, 2.75) is 83.1 Å². The molecular weight excluding hydrogens is 388 g/mol.